The highest BCUT2D eigenvalue weighted by Gasteiger charge is 2.76. The second-order valence-corrected chi connectivity index (χ2v) is 13.2. The summed E-state index contributed by atoms with van der Waals surface area (Å²) in [5.74, 6) is -1.14. The maximum Gasteiger partial charge on any atom is 0.305 e. The highest BCUT2D eigenvalue weighted by Crippen LogP contribution is 2.73. The number of aliphatic hydroxyl groups excluding tert-OH is 1. The van der Waals surface area contributed by atoms with Crippen LogP contribution in [0.25, 0.3) is 0 Å². The normalized spacial score (nSPS) is 45.5. The third kappa shape index (κ3) is 3.51. The highest BCUT2D eigenvalue weighted by atomic mass is 16.6. The fraction of sp³-hybridized carbons (Fsp3) is 0.800. The highest BCUT2D eigenvalue weighted by molar-refractivity contribution is 6.13. The van der Waals surface area contributed by atoms with Crippen LogP contribution in [0.3, 0.4) is 0 Å². The van der Waals surface area contributed by atoms with Gasteiger partial charge < -0.3 is 19.3 Å². The molecule has 5 rings (SSSR count). The second-order valence-electron chi connectivity index (χ2n) is 13.2. The Kier molecular flexibility index (Phi) is 6.41. The van der Waals surface area contributed by atoms with Crippen molar-refractivity contribution in [2.45, 2.75) is 103 Å². The molecule has 3 aliphatic carbocycles. The minimum atomic E-state index is -1.33. The summed E-state index contributed by atoms with van der Waals surface area (Å²) in [4.78, 5) is 52.8. The molecule has 1 spiro atoms. The lowest BCUT2D eigenvalue weighted by Gasteiger charge is -2.57. The summed E-state index contributed by atoms with van der Waals surface area (Å²) < 4.78 is 17.1. The number of carbonyl (C=O) groups excluding carboxylic acids is 4. The molecule has 0 amide bonds. The molecule has 8 heteroatoms. The molecule has 8 atom stereocenters. The molecule has 210 valence electrons. The van der Waals surface area contributed by atoms with E-state index in [0.29, 0.717) is 56.3 Å². The molecule has 0 aromatic heterocycles. The minimum Gasteiger partial charge on any atom is -0.469 e. The van der Waals surface area contributed by atoms with E-state index in [-0.39, 0.29) is 48.8 Å². The zero-order chi connectivity index (χ0) is 27.9. The number of methoxy groups -OCH3 is 1. The summed E-state index contributed by atoms with van der Waals surface area (Å²) in [5.41, 5.74) is -2.83. The van der Waals surface area contributed by atoms with Gasteiger partial charge in [-0.3, -0.25) is 19.2 Å². The van der Waals surface area contributed by atoms with E-state index in [4.69, 9.17) is 14.2 Å². The molecule has 1 saturated carbocycles. The van der Waals surface area contributed by atoms with Crippen molar-refractivity contribution in [1.82, 2.24) is 0 Å². The number of aliphatic hydroxyl groups is 1. The number of hydrogen-bond donors (Lipinski definition) is 1. The van der Waals surface area contributed by atoms with Crippen LogP contribution in [0.2, 0.25) is 0 Å². The first-order valence-electron chi connectivity index (χ1n) is 14.1. The molecular weight excluding hydrogens is 488 g/mol. The van der Waals surface area contributed by atoms with Gasteiger partial charge in [0.05, 0.1) is 31.5 Å². The van der Waals surface area contributed by atoms with E-state index in [0.717, 1.165) is 0 Å². The Labute approximate surface area is 224 Å². The standard InChI is InChI=1S/C30H42O8/c1-7-17(31)8-13-28(4)19-9-12-27(3)22-18(32)14-20(29(5)15-37-29)26(2,11-10-21(33)36-6)23(22)24(34)25(35)30(19,27)16-38-28/h19-20,25,35H,7-16H2,1-6H3. The first kappa shape index (κ1) is 27.7. The van der Waals surface area contributed by atoms with Gasteiger partial charge in [-0.15, -0.1) is 0 Å². The van der Waals surface area contributed by atoms with Crippen LogP contribution < -0.4 is 0 Å². The second kappa shape index (κ2) is 8.80. The SMILES string of the molecule is CCC(=O)CCC1(C)OCC23C(O)C(=O)C4=C(C(=O)CC(C5(C)CO5)C4(C)CCC(=O)OC)C2(C)CCC13. The van der Waals surface area contributed by atoms with Crippen LogP contribution in [0.1, 0.15) is 86.0 Å². The van der Waals surface area contributed by atoms with Gasteiger partial charge in [-0.25, -0.2) is 0 Å². The molecule has 2 heterocycles. The number of rotatable bonds is 8. The molecule has 8 unspecified atom stereocenters. The monoisotopic (exact) mass is 530 g/mol. The fourth-order valence-corrected chi connectivity index (χ4v) is 8.98. The van der Waals surface area contributed by atoms with E-state index in [1.807, 2.05) is 34.6 Å². The third-order valence-corrected chi connectivity index (χ3v) is 11.5. The molecule has 38 heavy (non-hydrogen) atoms. The predicted molar refractivity (Wildman–Crippen MR) is 137 cm³/mol. The molecule has 0 radical (unpaired) electrons. The fourth-order valence-electron chi connectivity index (χ4n) is 8.98. The van der Waals surface area contributed by atoms with E-state index in [9.17, 15) is 24.3 Å². The summed E-state index contributed by atoms with van der Waals surface area (Å²) in [6.45, 7) is 10.4. The number of allylic oxidation sites excluding steroid dienone is 1. The Morgan fingerprint density at radius 3 is 2.29 bits per heavy atom. The van der Waals surface area contributed by atoms with Gasteiger partial charge in [-0.1, -0.05) is 20.8 Å². The van der Waals surface area contributed by atoms with Gasteiger partial charge in [0.25, 0.3) is 0 Å². The zero-order valence-corrected chi connectivity index (χ0v) is 23.6. The Morgan fingerprint density at radius 2 is 1.68 bits per heavy atom. The van der Waals surface area contributed by atoms with Crippen molar-refractivity contribution in [3.05, 3.63) is 11.1 Å². The van der Waals surface area contributed by atoms with Gasteiger partial charge in [0.2, 0.25) is 0 Å². The van der Waals surface area contributed by atoms with Gasteiger partial charge in [0.15, 0.2) is 11.6 Å². The Hall–Kier alpha value is -1.90. The van der Waals surface area contributed by atoms with Crippen LogP contribution >= 0.6 is 0 Å². The predicted octanol–water partition coefficient (Wildman–Crippen LogP) is 3.51. The van der Waals surface area contributed by atoms with Crippen molar-refractivity contribution in [3.63, 3.8) is 0 Å². The first-order valence-corrected chi connectivity index (χ1v) is 14.1. The summed E-state index contributed by atoms with van der Waals surface area (Å²) in [7, 11) is 1.34. The maximum absolute atomic E-state index is 14.3. The van der Waals surface area contributed by atoms with Gasteiger partial charge in [0.1, 0.15) is 11.9 Å². The minimum absolute atomic E-state index is 0.0604. The molecule has 1 N–H and O–H groups in total. The maximum atomic E-state index is 14.3. The number of hydrogen-bond acceptors (Lipinski definition) is 8. The smallest absolute Gasteiger partial charge is 0.305 e. The lowest BCUT2D eigenvalue weighted by molar-refractivity contribution is -0.149. The van der Waals surface area contributed by atoms with Gasteiger partial charge in [-0.05, 0) is 45.4 Å². The van der Waals surface area contributed by atoms with E-state index in [2.05, 4.69) is 0 Å². The molecule has 0 aromatic rings. The van der Waals surface area contributed by atoms with Crippen molar-refractivity contribution in [1.29, 1.82) is 0 Å². The summed E-state index contributed by atoms with van der Waals surface area (Å²) in [6, 6.07) is 0. The summed E-state index contributed by atoms with van der Waals surface area (Å²) in [6.07, 6.45) is 2.05. The average Bonchev–Trinajstić information content (AvgIpc) is 3.44. The van der Waals surface area contributed by atoms with Crippen LogP contribution in [-0.2, 0) is 33.4 Å². The van der Waals surface area contributed by atoms with E-state index < -0.39 is 39.3 Å². The van der Waals surface area contributed by atoms with Crippen molar-refractivity contribution in [2.24, 2.45) is 28.1 Å². The van der Waals surface area contributed by atoms with E-state index in [1.165, 1.54) is 7.11 Å². The number of epoxide rings is 1. The Balaban J connectivity index is 1.63. The lowest BCUT2D eigenvalue weighted by Crippen LogP contribution is -2.63. The first-order chi connectivity index (χ1) is 17.7. The molecule has 5 aliphatic rings. The molecule has 8 nitrogen and oxygen atoms in total. The quantitative estimate of drug-likeness (QED) is 0.374. The Bertz CT molecular complexity index is 1120. The molecule has 0 aromatic carbocycles. The Morgan fingerprint density at radius 1 is 1.00 bits per heavy atom. The van der Waals surface area contributed by atoms with E-state index >= 15 is 0 Å². The largest absolute Gasteiger partial charge is 0.469 e. The van der Waals surface area contributed by atoms with Crippen molar-refractivity contribution < 1.29 is 38.5 Å². The molecule has 2 aliphatic heterocycles. The molecule has 3 fully saturated rings. The molecule has 2 saturated heterocycles. The van der Waals surface area contributed by atoms with Crippen molar-refractivity contribution >= 4 is 23.3 Å². The third-order valence-electron chi connectivity index (χ3n) is 11.5. The van der Waals surface area contributed by atoms with Crippen LogP contribution in [0, 0.1) is 28.1 Å². The number of ketones is 3. The van der Waals surface area contributed by atoms with Crippen LogP contribution in [0.15, 0.2) is 11.1 Å². The topological polar surface area (TPSA) is 120 Å². The van der Waals surface area contributed by atoms with Crippen LogP contribution in [-0.4, -0.2) is 66.1 Å². The number of Topliss-reactive ketones (excluding diaryl/α,β-unsaturated/α-hetero) is 3. The number of fused-ring (bicyclic) bond motifs is 1. The van der Waals surface area contributed by atoms with Gasteiger partial charge in [0, 0.05) is 59.0 Å². The van der Waals surface area contributed by atoms with Gasteiger partial charge >= 0.3 is 5.97 Å². The summed E-state index contributed by atoms with van der Waals surface area (Å²) >= 11 is 0. The molecular formula is C30H42O8. The van der Waals surface area contributed by atoms with Crippen molar-refractivity contribution in [3.8, 4) is 0 Å². The average molecular weight is 531 g/mol. The van der Waals surface area contributed by atoms with Crippen molar-refractivity contribution in [2.75, 3.05) is 20.3 Å². The van der Waals surface area contributed by atoms with E-state index in [1.54, 1.807) is 0 Å². The number of ether oxygens (including phenoxy) is 3. The summed E-state index contributed by atoms with van der Waals surface area (Å²) in [5, 5.41) is 12.0. The molecule has 0 bridgehead atoms. The number of carbonyl (C=O) groups is 4. The van der Waals surface area contributed by atoms with Crippen LogP contribution in [0.5, 0.6) is 0 Å². The van der Waals surface area contributed by atoms with Gasteiger partial charge in [-0.2, -0.15) is 0 Å². The zero-order valence-electron chi connectivity index (χ0n) is 23.6. The number of esters is 1. The van der Waals surface area contributed by atoms with Crippen LogP contribution in [0.4, 0.5) is 0 Å². The lowest BCUT2D eigenvalue weighted by atomic mass is 9.45.